The van der Waals surface area contributed by atoms with Gasteiger partial charge in [-0.05, 0) is 49.4 Å². The normalized spacial score (nSPS) is 20.8. The van der Waals surface area contributed by atoms with Crippen molar-refractivity contribution in [2.75, 3.05) is 69.8 Å². The van der Waals surface area contributed by atoms with E-state index in [1.54, 1.807) is 12.0 Å². The van der Waals surface area contributed by atoms with Crippen molar-refractivity contribution < 1.29 is 19.0 Å². The standard InChI is InChI=1S/C39H45N7O4/c1-27-10-8-13-29-14-9-15-35(36(27)29)44-17-16-33-34(24-44)41-38(49-26-30-20-32(48-4)23-43(30)3)42-37(33)45-18-19-46(31(22-45)21-40-2)39(47)50-25-28-11-6-5-7-12-28/h5-15,30-32H,16-26H2,1,3-4H3/t30-,31+,32-/m1/s1. The molecule has 11 nitrogen and oxygen atoms in total. The van der Waals surface area contributed by atoms with Gasteiger partial charge in [0, 0.05) is 62.5 Å². The van der Waals surface area contributed by atoms with Crippen molar-refractivity contribution in [2.24, 2.45) is 0 Å². The van der Waals surface area contributed by atoms with Crippen LogP contribution >= 0.6 is 0 Å². The summed E-state index contributed by atoms with van der Waals surface area (Å²) < 4.78 is 17.7. The van der Waals surface area contributed by atoms with Gasteiger partial charge in [-0.15, -0.1) is 0 Å². The van der Waals surface area contributed by atoms with Crippen molar-refractivity contribution in [2.45, 2.75) is 51.1 Å². The number of hydrogen-bond donors (Lipinski definition) is 0. The third-order valence-corrected chi connectivity index (χ3v) is 10.4. The minimum absolute atomic E-state index is 0.177. The summed E-state index contributed by atoms with van der Waals surface area (Å²) in [6.45, 7) is 14.4. The van der Waals surface area contributed by atoms with Crippen LogP contribution in [0.2, 0.25) is 0 Å². The second kappa shape index (κ2) is 14.9. The Morgan fingerprint density at radius 1 is 0.960 bits per heavy atom. The van der Waals surface area contributed by atoms with Crippen molar-refractivity contribution in [3.8, 4) is 6.01 Å². The Morgan fingerprint density at radius 2 is 1.78 bits per heavy atom. The van der Waals surface area contributed by atoms with E-state index in [4.69, 9.17) is 30.8 Å². The van der Waals surface area contributed by atoms with Gasteiger partial charge < -0.3 is 28.9 Å². The number of ether oxygens (including phenoxy) is 3. The average molecular weight is 676 g/mol. The van der Waals surface area contributed by atoms with Crippen LogP contribution in [0.1, 0.15) is 28.8 Å². The first-order valence-electron chi connectivity index (χ1n) is 17.5. The first kappa shape index (κ1) is 33.6. The maximum Gasteiger partial charge on any atom is 0.410 e. The van der Waals surface area contributed by atoms with E-state index in [0.29, 0.717) is 38.8 Å². The molecule has 0 unspecified atom stereocenters. The highest BCUT2D eigenvalue weighted by atomic mass is 16.6. The molecule has 0 bridgehead atoms. The Hall–Kier alpha value is -4.92. The highest BCUT2D eigenvalue weighted by Crippen LogP contribution is 2.36. The van der Waals surface area contributed by atoms with E-state index in [9.17, 15) is 4.79 Å². The largest absolute Gasteiger partial charge is 0.462 e. The molecule has 0 aliphatic carbocycles. The van der Waals surface area contributed by atoms with E-state index >= 15 is 0 Å². The van der Waals surface area contributed by atoms with Crippen LogP contribution in [0, 0.1) is 13.5 Å². The zero-order valence-electron chi connectivity index (χ0n) is 29.1. The zero-order valence-corrected chi connectivity index (χ0v) is 29.1. The number of rotatable bonds is 9. The number of fused-ring (bicyclic) bond motifs is 2. The Bertz CT molecular complexity index is 1860. The van der Waals surface area contributed by atoms with E-state index in [1.165, 1.54) is 22.0 Å². The number of carbonyl (C=O) groups is 1. The van der Waals surface area contributed by atoms with Crippen LogP contribution in [-0.4, -0.2) is 104 Å². The molecule has 11 heteroatoms. The Kier molecular flexibility index (Phi) is 10.0. The molecule has 50 heavy (non-hydrogen) atoms. The number of benzene rings is 3. The lowest BCUT2D eigenvalue weighted by molar-refractivity contribution is 0.0788. The Morgan fingerprint density at radius 3 is 2.56 bits per heavy atom. The summed E-state index contributed by atoms with van der Waals surface area (Å²) in [5, 5.41) is 2.49. The molecule has 3 aromatic carbocycles. The van der Waals surface area contributed by atoms with Crippen molar-refractivity contribution in [3.05, 3.63) is 101 Å². The molecule has 0 spiro atoms. The molecule has 1 aromatic heterocycles. The van der Waals surface area contributed by atoms with Crippen LogP contribution in [0.5, 0.6) is 6.01 Å². The van der Waals surface area contributed by atoms with Gasteiger partial charge in [0.15, 0.2) is 0 Å². The van der Waals surface area contributed by atoms with Crippen LogP contribution in [0.15, 0.2) is 66.7 Å². The van der Waals surface area contributed by atoms with Gasteiger partial charge in [0.25, 0.3) is 0 Å². The highest BCUT2D eigenvalue weighted by Gasteiger charge is 2.37. The summed E-state index contributed by atoms with van der Waals surface area (Å²) in [7, 11) is 3.85. The fourth-order valence-corrected chi connectivity index (χ4v) is 7.61. The number of piperazine rings is 1. The summed E-state index contributed by atoms with van der Waals surface area (Å²) in [4.78, 5) is 35.7. The van der Waals surface area contributed by atoms with E-state index in [-0.39, 0.29) is 31.3 Å². The molecule has 3 atom stereocenters. The molecule has 0 radical (unpaired) electrons. The summed E-state index contributed by atoms with van der Waals surface area (Å²) in [5.41, 5.74) is 5.42. The molecule has 260 valence electrons. The molecule has 0 N–H and O–H groups in total. The van der Waals surface area contributed by atoms with Crippen molar-refractivity contribution in [1.29, 1.82) is 0 Å². The number of likely N-dealkylation sites (tertiary alicyclic amines) is 1. The number of aryl methyl sites for hydroxylation is 1. The Labute approximate surface area is 294 Å². The number of carbonyl (C=O) groups excluding carboxylic acids is 1. The van der Waals surface area contributed by atoms with Gasteiger partial charge in [-0.2, -0.15) is 9.97 Å². The van der Waals surface area contributed by atoms with Crippen LogP contribution < -0.4 is 14.5 Å². The first-order valence-corrected chi connectivity index (χ1v) is 17.5. The molecule has 2 fully saturated rings. The molecule has 0 saturated carbocycles. The maximum absolute atomic E-state index is 13.3. The lowest BCUT2D eigenvalue weighted by Gasteiger charge is -2.40. The predicted molar refractivity (Wildman–Crippen MR) is 194 cm³/mol. The van der Waals surface area contributed by atoms with Gasteiger partial charge in [-0.1, -0.05) is 60.7 Å². The van der Waals surface area contributed by atoms with Gasteiger partial charge in [0.2, 0.25) is 6.54 Å². The third-order valence-electron chi connectivity index (χ3n) is 10.4. The lowest BCUT2D eigenvalue weighted by atomic mass is 9.99. The fraction of sp³-hybridized carbons (Fsp3) is 0.436. The maximum atomic E-state index is 13.3. The van der Waals surface area contributed by atoms with Gasteiger partial charge in [-0.3, -0.25) is 9.80 Å². The Balaban J connectivity index is 1.16. The molecule has 7 rings (SSSR count). The predicted octanol–water partition coefficient (Wildman–Crippen LogP) is 5.35. The fourth-order valence-electron chi connectivity index (χ4n) is 7.61. The van der Waals surface area contributed by atoms with Crippen molar-refractivity contribution in [1.82, 2.24) is 19.8 Å². The summed E-state index contributed by atoms with van der Waals surface area (Å²) in [6, 6.07) is 22.8. The lowest BCUT2D eigenvalue weighted by Crippen LogP contribution is -2.57. The number of anilines is 2. The smallest absolute Gasteiger partial charge is 0.410 e. The van der Waals surface area contributed by atoms with Crippen molar-refractivity contribution >= 4 is 28.4 Å². The van der Waals surface area contributed by atoms with E-state index in [0.717, 1.165) is 48.6 Å². The number of methoxy groups -OCH3 is 1. The van der Waals surface area contributed by atoms with Crippen LogP contribution in [-0.2, 0) is 29.0 Å². The molecule has 2 saturated heterocycles. The molecule has 4 heterocycles. The molecule has 3 aliphatic rings. The summed E-state index contributed by atoms with van der Waals surface area (Å²) >= 11 is 0. The number of hydrogen-bond acceptors (Lipinski definition) is 9. The quantitative estimate of drug-likeness (QED) is 0.218. The summed E-state index contributed by atoms with van der Waals surface area (Å²) in [6.07, 6.45) is 1.44. The number of likely N-dealkylation sites (N-methyl/N-ethyl adjacent to an activating group) is 1. The first-order chi connectivity index (χ1) is 24.4. The highest BCUT2D eigenvalue weighted by molar-refractivity contribution is 5.97. The number of nitrogens with zero attached hydrogens (tertiary/aromatic N) is 7. The minimum atomic E-state index is -0.396. The monoisotopic (exact) mass is 675 g/mol. The second-order valence-corrected chi connectivity index (χ2v) is 13.5. The van der Waals surface area contributed by atoms with Crippen LogP contribution in [0.3, 0.4) is 0 Å². The SMILES string of the molecule is [C-]#[N+]C[C@H]1CN(c2nc(OC[C@H]3C[C@@H](OC)CN3C)nc3c2CCN(c2cccc4cccc(C)c24)C3)CCN1C(=O)OCc1ccccc1. The van der Waals surface area contributed by atoms with Gasteiger partial charge >= 0.3 is 12.1 Å². The summed E-state index contributed by atoms with van der Waals surface area (Å²) in [5.74, 6) is 0.834. The molecule has 4 aromatic rings. The zero-order chi connectivity index (χ0) is 34.6. The van der Waals surface area contributed by atoms with Gasteiger partial charge in [0.1, 0.15) is 25.1 Å². The number of amides is 1. The number of aromatic nitrogens is 2. The molecule has 1 amide bonds. The van der Waals surface area contributed by atoms with Gasteiger partial charge in [0.05, 0.1) is 18.3 Å². The van der Waals surface area contributed by atoms with E-state index in [1.807, 2.05) is 30.3 Å². The molecule has 3 aliphatic heterocycles. The van der Waals surface area contributed by atoms with Crippen molar-refractivity contribution in [3.63, 3.8) is 0 Å². The molecular formula is C39H45N7O4. The topological polar surface area (TPSA) is 87.9 Å². The van der Waals surface area contributed by atoms with Gasteiger partial charge in [-0.25, -0.2) is 11.4 Å². The van der Waals surface area contributed by atoms with E-state index in [2.05, 4.69) is 69.9 Å². The molecular weight excluding hydrogens is 630 g/mol. The van der Waals surface area contributed by atoms with Crippen LogP contribution in [0.25, 0.3) is 15.6 Å². The van der Waals surface area contributed by atoms with Crippen LogP contribution in [0.4, 0.5) is 16.3 Å². The van der Waals surface area contributed by atoms with E-state index < -0.39 is 6.09 Å². The average Bonchev–Trinajstić information content (AvgIpc) is 3.52. The second-order valence-electron chi connectivity index (χ2n) is 13.5. The minimum Gasteiger partial charge on any atom is -0.462 e. The third kappa shape index (κ3) is 7.04.